The molecule has 20 heavy (non-hydrogen) atoms. The second-order valence-electron chi connectivity index (χ2n) is 6.69. The van der Waals surface area contributed by atoms with Crippen molar-refractivity contribution in [2.24, 2.45) is 11.8 Å². The van der Waals surface area contributed by atoms with Gasteiger partial charge >= 0.3 is 0 Å². The number of benzene rings is 1. The number of hydrogen-bond donors (Lipinski definition) is 1. The maximum Gasteiger partial charge on any atom is 0.0691 e. The number of hydrogen-bond acceptors (Lipinski definition) is 1. The molecule has 2 rings (SSSR count). The summed E-state index contributed by atoms with van der Waals surface area (Å²) >= 11 is 12.5. The van der Waals surface area contributed by atoms with E-state index in [9.17, 15) is 5.11 Å². The summed E-state index contributed by atoms with van der Waals surface area (Å²) in [6, 6.07) is 5.54. The van der Waals surface area contributed by atoms with Gasteiger partial charge in [-0.3, -0.25) is 0 Å². The molecule has 1 saturated carbocycles. The zero-order chi connectivity index (χ0) is 14.8. The minimum atomic E-state index is -0.646. The van der Waals surface area contributed by atoms with E-state index in [2.05, 4.69) is 13.8 Å². The van der Waals surface area contributed by atoms with Gasteiger partial charge in [0, 0.05) is 16.5 Å². The molecule has 1 aliphatic carbocycles. The van der Waals surface area contributed by atoms with Gasteiger partial charge in [-0.1, -0.05) is 56.0 Å². The minimum Gasteiger partial charge on any atom is -0.390 e. The summed E-state index contributed by atoms with van der Waals surface area (Å²) in [7, 11) is 0. The van der Waals surface area contributed by atoms with E-state index < -0.39 is 5.60 Å². The predicted molar refractivity (Wildman–Crippen MR) is 86.5 cm³/mol. The van der Waals surface area contributed by atoms with Crippen molar-refractivity contribution >= 4 is 23.2 Å². The standard InChI is InChI=1S/C17H24Cl2O/c1-12(2)9-13-5-4-8-17(20,10-13)11-14-15(18)6-3-7-16(14)19/h3,6-7,12-13,20H,4-5,8-11H2,1-2H3. The average molecular weight is 315 g/mol. The van der Waals surface area contributed by atoms with E-state index in [0.29, 0.717) is 28.3 Å². The van der Waals surface area contributed by atoms with E-state index in [1.807, 2.05) is 18.2 Å². The molecule has 0 amide bonds. The molecule has 1 N–H and O–H groups in total. The van der Waals surface area contributed by atoms with Crippen LogP contribution in [0.15, 0.2) is 18.2 Å². The number of aliphatic hydroxyl groups is 1. The summed E-state index contributed by atoms with van der Waals surface area (Å²) < 4.78 is 0. The number of rotatable bonds is 4. The van der Waals surface area contributed by atoms with Gasteiger partial charge in [0.05, 0.1) is 5.60 Å². The normalized spacial score (nSPS) is 27.0. The molecular weight excluding hydrogens is 291 g/mol. The van der Waals surface area contributed by atoms with Crippen LogP contribution >= 0.6 is 23.2 Å². The van der Waals surface area contributed by atoms with Crippen molar-refractivity contribution in [1.82, 2.24) is 0 Å². The van der Waals surface area contributed by atoms with Gasteiger partial charge in [0.2, 0.25) is 0 Å². The third-order valence-electron chi connectivity index (χ3n) is 4.30. The third-order valence-corrected chi connectivity index (χ3v) is 5.00. The van der Waals surface area contributed by atoms with Crippen LogP contribution in [0.4, 0.5) is 0 Å². The molecule has 112 valence electrons. The van der Waals surface area contributed by atoms with Crippen LogP contribution in [0.1, 0.15) is 51.5 Å². The van der Waals surface area contributed by atoms with Gasteiger partial charge in [0.1, 0.15) is 0 Å². The second kappa shape index (κ2) is 6.68. The SMILES string of the molecule is CC(C)CC1CCCC(O)(Cc2c(Cl)cccc2Cl)C1. The first kappa shape index (κ1) is 16.1. The molecule has 1 aliphatic rings. The van der Waals surface area contributed by atoms with Crippen LogP contribution in [0.2, 0.25) is 10.0 Å². The van der Waals surface area contributed by atoms with Crippen molar-refractivity contribution in [2.45, 2.75) is 58.0 Å². The quantitative estimate of drug-likeness (QED) is 0.777. The summed E-state index contributed by atoms with van der Waals surface area (Å²) in [4.78, 5) is 0. The molecule has 1 aromatic rings. The molecule has 0 bridgehead atoms. The van der Waals surface area contributed by atoms with Gasteiger partial charge in [-0.15, -0.1) is 0 Å². The van der Waals surface area contributed by atoms with Crippen LogP contribution in [0.3, 0.4) is 0 Å². The Morgan fingerprint density at radius 2 is 1.95 bits per heavy atom. The molecule has 1 fully saturated rings. The van der Waals surface area contributed by atoms with Gasteiger partial charge in [-0.05, 0) is 48.8 Å². The first-order valence-electron chi connectivity index (χ1n) is 7.55. The highest BCUT2D eigenvalue weighted by Crippen LogP contribution is 2.39. The fraction of sp³-hybridized carbons (Fsp3) is 0.647. The highest BCUT2D eigenvalue weighted by Gasteiger charge is 2.35. The Hall–Kier alpha value is -0.240. The molecular formula is C17H24Cl2O. The van der Waals surface area contributed by atoms with Crippen molar-refractivity contribution in [1.29, 1.82) is 0 Å². The Bertz CT molecular complexity index is 438. The monoisotopic (exact) mass is 314 g/mol. The molecule has 0 heterocycles. The Morgan fingerprint density at radius 3 is 2.55 bits per heavy atom. The first-order chi connectivity index (χ1) is 9.39. The molecule has 0 aliphatic heterocycles. The van der Waals surface area contributed by atoms with Crippen molar-refractivity contribution in [3.63, 3.8) is 0 Å². The molecule has 3 heteroatoms. The zero-order valence-corrected chi connectivity index (χ0v) is 13.8. The van der Waals surface area contributed by atoms with Crippen LogP contribution in [0, 0.1) is 11.8 Å². The van der Waals surface area contributed by atoms with E-state index in [1.165, 1.54) is 12.8 Å². The Morgan fingerprint density at radius 1 is 1.30 bits per heavy atom. The summed E-state index contributed by atoms with van der Waals surface area (Å²) in [5.74, 6) is 1.31. The molecule has 1 aromatic carbocycles. The van der Waals surface area contributed by atoms with E-state index in [-0.39, 0.29) is 0 Å². The van der Waals surface area contributed by atoms with Crippen LogP contribution < -0.4 is 0 Å². The van der Waals surface area contributed by atoms with Gasteiger partial charge in [-0.25, -0.2) is 0 Å². The summed E-state index contributed by atoms with van der Waals surface area (Å²) in [6.07, 6.45) is 5.81. The molecule has 1 nitrogen and oxygen atoms in total. The van der Waals surface area contributed by atoms with E-state index >= 15 is 0 Å². The lowest BCUT2D eigenvalue weighted by Gasteiger charge is -2.38. The molecule has 0 spiro atoms. The molecule has 0 aromatic heterocycles. The van der Waals surface area contributed by atoms with Crippen LogP contribution in [-0.2, 0) is 6.42 Å². The van der Waals surface area contributed by atoms with Gasteiger partial charge in [0.15, 0.2) is 0 Å². The summed E-state index contributed by atoms with van der Waals surface area (Å²) in [6.45, 7) is 4.50. The van der Waals surface area contributed by atoms with E-state index in [0.717, 1.165) is 24.8 Å². The van der Waals surface area contributed by atoms with Crippen molar-refractivity contribution in [3.05, 3.63) is 33.8 Å². The largest absolute Gasteiger partial charge is 0.390 e. The molecule has 2 atom stereocenters. The van der Waals surface area contributed by atoms with E-state index in [4.69, 9.17) is 23.2 Å². The van der Waals surface area contributed by atoms with Crippen LogP contribution in [-0.4, -0.2) is 10.7 Å². The smallest absolute Gasteiger partial charge is 0.0691 e. The second-order valence-corrected chi connectivity index (χ2v) is 7.51. The van der Waals surface area contributed by atoms with Crippen molar-refractivity contribution in [3.8, 4) is 0 Å². The third kappa shape index (κ3) is 4.13. The summed E-state index contributed by atoms with van der Waals surface area (Å²) in [5, 5.41) is 12.3. The van der Waals surface area contributed by atoms with Gasteiger partial charge < -0.3 is 5.11 Å². The minimum absolute atomic E-state index is 0.570. The van der Waals surface area contributed by atoms with Crippen LogP contribution in [0.5, 0.6) is 0 Å². The summed E-state index contributed by atoms with van der Waals surface area (Å²) in [5.41, 5.74) is 0.246. The Labute approximate surface area is 132 Å². The lowest BCUT2D eigenvalue weighted by atomic mass is 9.73. The topological polar surface area (TPSA) is 20.2 Å². The van der Waals surface area contributed by atoms with Crippen LogP contribution in [0.25, 0.3) is 0 Å². The molecule has 0 saturated heterocycles. The number of halogens is 2. The maximum absolute atomic E-state index is 10.9. The lowest BCUT2D eigenvalue weighted by molar-refractivity contribution is -0.0189. The average Bonchev–Trinajstić information content (AvgIpc) is 2.33. The van der Waals surface area contributed by atoms with Gasteiger partial charge in [-0.2, -0.15) is 0 Å². The van der Waals surface area contributed by atoms with E-state index in [1.54, 1.807) is 0 Å². The lowest BCUT2D eigenvalue weighted by Crippen LogP contribution is -2.38. The fourth-order valence-corrected chi connectivity index (χ4v) is 4.05. The fourth-order valence-electron chi connectivity index (χ4n) is 3.52. The maximum atomic E-state index is 10.9. The Kier molecular flexibility index (Phi) is 5.39. The van der Waals surface area contributed by atoms with Gasteiger partial charge in [0.25, 0.3) is 0 Å². The zero-order valence-electron chi connectivity index (χ0n) is 12.3. The van der Waals surface area contributed by atoms with Crippen molar-refractivity contribution < 1.29 is 5.11 Å². The first-order valence-corrected chi connectivity index (χ1v) is 8.30. The highest BCUT2D eigenvalue weighted by molar-refractivity contribution is 6.36. The highest BCUT2D eigenvalue weighted by atomic mass is 35.5. The molecule has 2 unspecified atom stereocenters. The Balaban J connectivity index is 2.10. The molecule has 0 radical (unpaired) electrons. The van der Waals surface area contributed by atoms with Crippen molar-refractivity contribution in [2.75, 3.05) is 0 Å². The predicted octanol–water partition coefficient (Wildman–Crippen LogP) is 5.50.